The van der Waals surface area contributed by atoms with Gasteiger partial charge in [0.25, 0.3) is 0 Å². The Morgan fingerprint density at radius 2 is 1.48 bits per heavy atom. The predicted molar refractivity (Wildman–Crippen MR) is 88.4 cm³/mol. The second kappa shape index (κ2) is 6.70. The number of aromatic hydroxyl groups is 2. The van der Waals surface area contributed by atoms with Gasteiger partial charge in [0.15, 0.2) is 17.3 Å². The molecule has 0 aliphatic heterocycles. The van der Waals surface area contributed by atoms with Gasteiger partial charge < -0.3 is 15.3 Å². The smallest absolute Gasteiger partial charge is 0.162 e. The minimum Gasteiger partial charge on any atom is -0.512 e. The Bertz CT molecular complexity index is 760. The lowest BCUT2D eigenvalue weighted by atomic mass is 9.69. The highest BCUT2D eigenvalue weighted by Crippen LogP contribution is 2.43. The second-order valence-electron chi connectivity index (χ2n) is 6.63. The van der Waals surface area contributed by atoms with E-state index in [2.05, 4.69) is 0 Å². The Labute approximate surface area is 144 Å². The first-order valence-electron chi connectivity index (χ1n) is 8.42. The molecule has 1 aromatic carbocycles. The van der Waals surface area contributed by atoms with Crippen LogP contribution < -0.4 is 0 Å². The maximum Gasteiger partial charge on any atom is 0.162 e. The number of aliphatic hydroxyl groups excluding tert-OH is 1. The van der Waals surface area contributed by atoms with Gasteiger partial charge >= 0.3 is 0 Å². The van der Waals surface area contributed by atoms with Gasteiger partial charge in [0, 0.05) is 37.2 Å². The van der Waals surface area contributed by atoms with Crippen molar-refractivity contribution < 1.29 is 29.7 Å². The van der Waals surface area contributed by atoms with Crippen molar-refractivity contribution in [3.63, 3.8) is 0 Å². The standard InChI is InChI=1S/C19H20O6/c20-11-8-7-10(9-16(11)25)17(18-12(21)3-1-4-13(18)22)19-14(23)5-2-6-15(19)24/h7-9,17-18,20,23,25H,1-6H2/t17-/m1/s1. The molecule has 6 nitrogen and oxygen atoms in total. The van der Waals surface area contributed by atoms with Crippen LogP contribution in [0.2, 0.25) is 0 Å². The molecule has 0 unspecified atom stereocenters. The van der Waals surface area contributed by atoms with Crippen molar-refractivity contribution in [3.8, 4) is 11.5 Å². The fourth-order valence-electron chi connectivity index (χ4n) is 3.76. The first-order chi connectivity index (χ1) is 11.9. The number of carbonyl (C=O) groups is 3. The van der Waals surface area contributed by atoms with Gasteiger partial charge in [0.05, 0.1) is 11.7 Å². The van der Waals surface area contributed by atoms with E-state index in [0.29, 0.717) is 24.8 Å². The number of Topliss-reactive ketones (excluding diaryl/α,β-unsaturated/α-hetero) is 3. The van der Waals surface area contributed by atoms with Crippen molar-refractivity contribution in [3.05, 3.63) is 35.1 Å². The topological polar surface area (TPSA) is 112 Å². The molecule has 0 aromatic heterocycles. The summed E-state index contributed by atoms with van der Waals surface area (Å²) in [6.07, 6.45) is 2.07. The Morgan fingerprint density at radius 1 is 0.840 bits per heavy atom. The highest BCUT2D eigenvalue weighted by Gasteiger charge is 2.43. The summed E-state index contributed by atoms with van der Waals surface area (Å²) < 4.78 is 0. The molecule has 132 valence electrons. The minimum absolute atomic E-state index is 0.0879. The summed E-state index contributed by atoms with van der Waals surface area (Å²) in [4.78, 5) is 37.4. The van der Waals surface area contributed by atoms with Crippen molar-refractivity contribution in [1.29, 1.82) is 0 Å². The van der Waals surface area contributed by atoms with Crippen LogP contribution in [-0.4, -0.2) is 32.7 Å². The molecule has 1 aromatic rings. The molecule has 0 radical (unpaired) electrons. The maximum absolute atomic E-state index is 12.5. The van der Waals surface area contributed by atoms with E-state index in [0.717, 1.165) is 0 Å². The third-order valence-corrected chi connectivity index (χ3v) is 4.97. The monoisotopic (exact) mass is 344 g/mol. The summed E-state index contributed by atoms with van der Waals surface area (Å²) in [7, 11) is 0. The van der Waals surface area contributed by atoms with Gasteiger partial charge in [-0.25, -0.2) is 0 Å². The third-order valence-electron chi connectivity index (χ3n) is 4.97. The second-order valence-corrected chi connectivity index (χ2v) is 6.63. The molecule has 6 heteroatoms. The molecule has 25 heavy (non-hydrogen) atoms. The van der Waals surface area contributed by atoms with E-state index < -0.39 is 17.6 Å². The van der Waals surface area contributed by atoms with Crippen molar-refractivity contribution in [2.24, 2.45) is 5.92 Å². The maximum atomic E-state index is 12.5. The summed E-state index contributed by atoms with van der Waals surface area (Å²) >= 11 is 0. The molecule has 0 spiro atoms. The largest absolute Gasteiger partial charge is 0.512 e. The molecular formula is C19H20O6. The summed E-state index contributed by atoms with van der Waals surface area (Å²) in [6.45, 7) is 0. The highest BCUT2D eigenvalue weighted by molar-refractivity contribution is 6.08. The molecule has 2 aliphatic rings. The molecular weight excluding hydrogens is 324 g/mol. The van der Waals surface area contributed by atoms with E-state index in [9.17, 15) is 29.7 Å². The molecule has 1 atom stereocenters. The van der Waals surface area contributed by atoms with E-state index in [1.807, 2.05) is 0 Å². The molecule has 1 saturated carbocycles. The van der Waals surface area contributed by atoms with Gasteiger partial charge in [-0.2, -0.15) is 0 Å². The van der Waals surface area contributed by atoms with Crippen molar-refractivity contribution in [2.45, 2.75) is 44.4 Å². The van der Waals surface area contributed by atoms with Crippen LogP contribution in [0.4, 0.5) is 0 Å². The van der Waals surface area contributed by atoms with Crippen LogP contribution in [0.15, 0.2) is 29.5 Å². The lowest BCUT2D eigenvalue weighted by Gasteiger charge is -2.31. The van der Waals surface area contributed by atoms with Gasteiger partial charge in [-0.15, -0.1) is 0 Å². The van der Waals surface area contributed by atoms with Crippen LogP contribution in [0.5, 0.6) is 11.5 Å². The average Bonchev–Trinajstić information content (AvgIpc) is 2.55. The van der Waals surface area contributed by atoms with Crippen LogP contribution >= 0.6 is 0 Å². The molecule has 3 N–H and O–H groups in total. The summed E-state index contributed by atoms with van der Waals surface area (Å²) in [5.74, 6) is -3.61. The molecule has 0 saturated heterocycles. The molecule has 2 aliphatic carbocycles. The molecule has 3 rings (SSSR count). The molecule has 0 amide bonds. The third kappa shape index (κ3) is 3.16. The fourth-order valence-corrected chi connectivity index (χ4v) is 3.76. The van der Waals surface area contributed by atoms with Crippen LogP contribution in [0.25, 0.3) is 0 Å². The molecule has 0 bridgehead atoms. The van der Waals surface area contributed by atoms with Crippen LogP contribution in [-0.2, 0) is 14.4 Å². The zero-order valence-electron chi connectivity index (χ0n) is 13.7. The Hall–Kier alpha value is -2.63. The highest BCUT2D eigenvalue weighted by atomic mass is 16.3. The number of allylic oxidation sites excluding steroid dienone is 2. The number of rotatable bonds is 3. The summed E-state index contributed by atoms with van der Waals surface area (Å²) in [5.41, 5.74) is 0.450. The van der Waals surface area contributed by atoms with Crippen molar-refractivity contribution in [1.82, 2.24) is 0 Å². The SMILES string of the molecule is O=C1CCCC(O)=C1[C@H](c1ccc(O)c(O)c1)C1C(=O)CCCC1=O. The van der Waals surface area contributed by atoms with Crippen molar-refractivity contribution >= 4 is 17.3 Å². The van der Waals surface area contributed by atoms with Gasteiger partial charge in [-0.05, 0) is 30.5 Å². The first kappa shape index (κ1) is 17.2. The molecule has 0 heterocycles. The van der Waals surface area contributed by atoms with E-state index in [-0.39, 0.29) is 53.7 Å². The van der Waals surface area contributed by atoms with Gasteiger partial charge in [0.1, 0.15) is 11.6 Å². The number of hydrogen-bond acceptors (Lipinski definition) is 6. The average molecular weight is 344 g/mol. The number of phenolic OH excluding ortho intramolecular Hbond substituents is 2. The van der Waals surface area contributed by atoms with E-state index in [1.54, 1.807) is 0 Å². The summed E-state index contributed by atoms with van der Waals surface area (Å²) in [5, 5.41) is 29.7. The Kier molecular flexibility index (Phi) is 4.61. The van der Waals surface area contributed by atoms with Crippen LogP contribution in [0, 0.1) is 5.92 Å². The fraction of sp³-hybridized carbons (Fsp3) is 0.421. The van der Waals surface area contributed by atoms with Crippen molar-refractivity contribution in [2.75, 3.05) is 0 Å². The first-order valence-corrected chi connectivity index (χ1v) is 8.42. The zero-order valence-corrected chi connectivity index (χ0v) is 13.7. The normalized spacial score (nSPS) is 20.9. The Morgan fingerprint density at radius 3 is 2.08 bits per heavy atom. The quantitative estimate of drug-likeness (QED) is 0.574. The van der Waals surface area contributed by atoms with E-state index >= 15 is 0 Å². The number of hydrogen-bond donors (Lipinski definition) is 3. The van der Waals surface area contributed by atoms with Gasteiger partial charge in [-0.1, -0.05) is 6.07 Å². The minimum atomic E-state index is -1.04. The number of benzene rings is 1. The van der Waals surface area contributed by atoms with E-state index in [4.69, 9.17) is 0 Å². The molecule has 1 fully saturated rings. The number of phenols is 2. The van der Waals surface area contributed by atoms with E-state index in [1.165, 1.54) is 18.2 Å². The Balaban J connectivity index is 2.17. The number of carbonyl (C=O) groups excluding carboxylic acids is 3. The lowest BCUT2D eigenvalue weighted by Crippen LogP contribution is -2.37. The predicted octanol–water partition coefficient (Wildman–Crippen LogP) is 2.68. The van der Waals surface area contributed by atoms with Crippen LogP contribution in [0.1, 0.15) is 50.0 Å². The zero-order chi connectivity index (χ0) is 18.1. The lowest BCUT2D eigenvalue weighted by molar-refractivity contribution is -0.136. The van der Waals surface area contributed by atoms with Gasteiger partial charge in [0.2, 0.25) is 0 Å². The number of ketones is 3. The van der Waals surface area contributed by atoms with Crippen LogP contribution in [0.3, 0.4) is 0 Å². The number of aliphatic hydroxyl groups is 1. The van der Waals surface area contributed by atoms with Gasteiger partial charge in [-0.3, -0.25) is 14.4 Å². The summed E-state index contributed by atoms with van der Waals surface area (Å²) in [6, 6.07) is 3.97.